The zero-order chi connectivity index (χ0) is 20.5. The largest absolute Gasteiger partial charge is 0.493 e. The predicted octanol–water partition coefficient (Wildman–Crippen LogP) is 3.69. The molecular weight excluding hydrogens is 408 g/mol. The van der Waals surface area contributed by atoms with Crippen LogP contribution < -0.4 is 10.1 Å². The number of halogens is 1. The Morgan fingerprint density at radius 2 is 2.28 bits per heavy atom. The highest BCUT2D eigenvalue weighted by atomic mass is 35.5. The summed E-state index contributed by atoms with van der Waals surface area (Å²) in [5, 5.41) is 20.6. The molecule has 7 nitrogen and oxygen atoms in total. The van der Waals surface area contributed by atoms with Gasteiger partial charge in [0.25, 0.3) is 0 Å². The van der Waals surface area contributed by atoms with E-state index in [4.69, 9.17) is 27.2 Å². The number of pyridine rings is 1. The molecule has 152 valence electrons. The maximum Gasteiger partial charge on any atom is 0.132 e. The van der Waals surface area contributed by atoms with Crippen molar-refractivity contribution in [3.63, 3.8) is 0 Å². The predicted molar refractivity (Wildman–Crippen MR) is 118 cm³/mol. The lowest BCUT2D eigenvalue weighted by molar-refractivity contribution is 0.248. The van der Waals surface area contributed by atoms with Gasteiger partial charge in [0.2, 0.25) is 0 Å². The second kappa shape index (κ2) is 8.20. The van der Waals surface area contributed by atoms with Gasteiger partial charge >= 0.3 is 0 Å². The minimum atomic E-state index is -0.182. The number of allylic oxidation sites excluding steroid dienone is 1. The van der Waals surface area contributed by atoms with Crippen molar-refractivity contribution in [2.24, 2.45) is 10.9 Å². The number of nitrogens with zero attached hydrogens (tertiary/aromatic N) is 3. The van der Waals surface area contributed by atoms with Gasteiger partial charge in [0, 0.05) is 42.6 Å². The summed E-state index contributed by atoms with van der Waals surface area (Å²) in [7, 11) is 0. The number of hydrogen-bond donors (Lipinski definition) is 3. The Labute approximate surface area is 179 Å². The van der Waals surface area contributed by atoms with Crippen LogP contribution >= 0.6 is 23.4 Å². The number of hydrogen-bond acceptors (Lipinski definition) is 8. The third-order valence-corrected chi connectivity index (χ3v) is 6.66. The minimum absolute atomic E-state index is 0.182. The lowest BCUT2D eigenvalue weighted by atomic mass is 9.99. The Kier molecular flexibility index (Phi) is 5.65. The number of aromatic nitrogens is 1. The first-order chi connectivity index (χ1) is 13.9. The number of aliphatic imine (C=N–C) groups is 1. The Morgan fingerprint density at radius 3 is 3.03 bits per heavy atom. The van der Waals surface area contributed by atoms with E-state index in [-0.39, 0.29) is 6.04 Å². The SMILES string of the molecule is CC(=N)/C(C)=C1\C(=N)SC2=C(N3CCC(COc4ccnc(Cl)c4)C3)NC=NC21. The fourth-order valence-electron chi connectivity index (χ4n) is 3.73. The molecule has 0 radical (unpaired) electrons. The van der Waals surface area contributed by atoms with E-state index in [1.807, 2.05) is 13.0 Å². The molecule has 2 atom stereocenters. The van der Waals surface area contributed by atoms with Crippen molar-refractivity contribution in [2.75, 3.05) is 19.7 Å². The molecule has 0 spiro atoms. The van der Waals surface area contributed by atoms with Gasteiger partial charge in [0.1, 0.15) is 22.8 Å². The zero-order valence-corrected chi connectivity index (χ0v) is 17.9. The third-order valence-electron chi connectivity index (χ3n) is 5.39. The summed E-state index contributed by atoms with van der Waals surface area (Å²) in [6.07, 6.45) is 4.40. The number of thioether (sulfide) groups is 1. The summed E-state index contributed by atoms with van der Waals surface area (Å²) in [6.45, 7) is 6.08. The van der Waals surface area contributed by atoms with Crippen molar-refractivity contribution in [1.29, 1.82) is 10.8 Å². The van der Waals surface area contributed by atoms with Crippen molar-refractivity contribution in [3.05, 3.63) is 45.4 Å². The highest BCUT2D eigenvalue weighted by Crippen LogP contribution is 2.44. The molecule has 2 saturated heterocycles. The van der Waals surface area contributed by atoms with Crippen molar-refractivity contribution < 1.29 is 4.74 Å². The number of rotatable bonds is 5. The van der Waals surface area contributed by atoms with Gasteiger partial charge in [0.15, 0.2) is 0 Å². The van der Waals surface area contributed by atoms with Gasteiger partial charge in [-0.1, -0.05) is 23.4 Å². The molecule has 2 fully saturated rings. The molecule has 0 aliphatic carbocycles. The lowest BCUT2D eigenvalue weighted by Gasteiger charge is -2.27. The van der Waals surface area contributed by atoms with E-state index in [9.17, 15) is 0 Å². The standard InChI is InChI=1S/C20H23ClN6OS/c1-11(12(2)22)16-17-18(29-19(16)23)20(26-10-25-17)27-6-4-13(8-27)9-28-14-3-5-24-15(21)7-14/h3,5,7,10,13,17,22-23H,4,6,8-9H2,1-2H3,(H,25,26)/b16-11-,22-12?,23-19?. The van der Waals surface area contributed by atoms with Crippen LogP contribution in [0.2, 0.25) is 5.15 Å². The average molecular weight is 431 g/mol. The molecule has 2 unspecified atom stereocenters. The minimum Gasteiger partial charge on any atom is -0.493 e. The van der Waals surface area contributed by atoms with Crippen molar-refractivity contribution >= 4 is 40.5 Å². The van der Waals surface area contributed by atoms with Gasteiger partial charge in [-0.2, -0.15) is 0 Å². The van der Waals surface area contributed by atoms with Crippen LogP contribution in [0.25, 0.3) is 0 Å². The van der Waals surface area contributed by atoms with Crippen LogP contribution in [0.4, 0.5) is 0 Å². The zero-order valence-electron chi connectivity index (χ0n) is 16.3. The Morgan fingerprint density at radius 1 is 1.45 bits per heavy atom. The van der Waals surface area contributed by atoms with Crippen LogP contribution in [0.5, 0.6) is 5.75 Å². The van der Waals surface area contributed by atoms with Crippen molar-refractivity contribution in [3.8, 4) is 5.75 Å². The van der Waals surface area contributed by atoms with Crippen molar-refractivity contribution in [2.45, 2.75) is 26.3 Å². The van der Waals surface area contributed by atoms with Gasteiger partial charge < -0.3 is 20.4 Å². The Hall–Kier alpha value is -2.32. The molecule has 0 amide bonds. The summed E-state index contributed by atoms with van der Waals surface area (Å²) < 4.78 is 5.90. The molecule has 3 aliphatic rings. The molecule has 4 heterocycles. The summed E-state index contributed by atoms with van der Waals surface area (Å²) in [4.78, 5) is 11.9. The topological polar surface area (TPSA) is 97.5 Å². The monoisotopic (exact) mass is 430 g/mol. The molecule has 3 N–H and O–H groups in total. The maximum absolute atomic E-state index is 8.42. The second-order valence-corrected chi connectivity index (χ2v) is 8.80. The normalized spacial score (nSPS) is 25.2. The molecule has 0 aromatic carbocycles. The number of nitrogens with one attached hydrogen (secondary N) is 3. The molecule has 0 bridgehead atoms. The van der Waals surface area contributed by atoms with E-state index < -0.39 is 0 Å². The summed E-state index contributed by atoms with van der Waals surface area (Å²) in [5.41, 5.74) is 2.17. The van der Waals surface area contributed by atoms with E-state index in [2.05, 4.69) is 20.2 Å². The fourth-order valence-corrected chi connectivity index (χ4v) is 5.06. The lowest BCUT2D eigenvalue weighted by Crippen LogP contribution is -2.35. The molecule has 0 saturated carbocycles. The second-order valence-electron chi connectivity index (χ2n) is 7.36. The molecule has 1 aromatic heterocycles. The number of likely N-dealkylation sites (tertiary alicyclic amines) is 1. The van der Waals surface area contributed by atoms with Crippen LogP contribution in [-0.4, -0.2) is 52.7 Å². The van der Waals surface area contributed by atoms with Gasteiger partial charge in [-0.3, -0.25) is 10.4 Å². The van der Waals surface area contributed by atoms with Crippen LogP contribution in [0.15, 0.2) is 45.2 Å². The van der Waals surface area contributed by atoms with Crippen LogP contribution in [0.1, 0.15) is 20.3 Å². The third kappa shape index (κ3) is 4.04. The van der Waals surface area contributed by atoms with Gasteiger partial charge in [-0.25, -0.2) is 4.98 Å². The highest BCUT2D eigenvalue weighted by molar-refractivity contribution is 8.18. The summed E-state index contributed by atoms with van der Waals surface area (Å²) in [5.74, 6) is 2.17. The quantitative estimate of drug-likeness (QED) is 0.489. The number of ether oxygens (including phenoxy) is 1. The van der Waals surface area contributed by atoms with E-state index >= 15 is 0 Å². The molecule has 29 heavy (non-hydrogen) atoms. The molecule has 1 aromatic rings. The van der Waals surface area contributed by atoms with Crippen LogP contribution in [0.3, 0.4) is 0 Å². The average Bonchev–Trinajstić information content (AvgIpc) is 3.29. The Balaban J connectivity index is 1.47. The first-order valence-corrected chi connectivity index (χ1v) is 10.7. The van der Waals surface area contributed by atoms with E-state index in [0.29, 0.717) is 28.4 Å². The van der Waals surface area contributed by atoms with E-state index in [1.54, 1.807) is 25.5 Å². The number of fused-ring (bicyclic) bond motifs is 1. The molecule has 9 heteroatoms. The van der Waals surface area contributed by atoms with Crippen LogP contribution in [-0.2, 0) is 0 Å². The fraction of sp³-hybridized carbons (Fsp3) is 0.400. The van der Waals surface area contributed by atoms with Crippen LogP contribution in [0, 0.1) is 16.7 Å². The molecule has 4 rings (SSSR count). The maximum atomic E-state index is 8.42. The Bertz CT molecular complexity index is 956. The highest BCUT2D eigenvalue weighted by Gasteiger charge is 2.39. The molecule has 3 aliphatic heterocycles. The first-order valence-electron chi connectivity index (χ1n) is 9.48. The molecular formula is C20H23ClN6OS. The summed E-state index contributed by atoms with van der Waals surface area (Å²) >= 11 is 7.37. The smallest absolute Gasteiger partial charge is 0.132 e. The van der Waals surface area contributed by atoms with Gasteiger partial charge in [-0.15, -0.1) is 0 Å². The van der Waals surface area contributed by atoms with E-state index in [1.165, 1.54) is 11.8 Å². The summed E-state index contributed by atoms with van der Waals surface area (Å²) in [6, 6.07) is 3.36. The van der Waals surface area contributed by atoms with Gasteiger partial charge in [0.05, 0.1) is 22.9 Å². The first kappa shape index (κ1) is 20.0. The van der Waals surface area contributed by atoms with Gasteiger partial charge in [-0.05, 0) is 31.9 Å². The van der Waals surface area contributed by atoms with Crippen molar-refractivity contribution in [1.82, 2.24) is 15.2 Å². The van der Waals surface area contributed by atoms with E-state index in [0.717, 1.165) is 47.1 Å².